The quantitative estimate of drug-likeness (QED) is 0.333. The third kappa shape index (κ3) is 8.73. The van der Waals surface area contributed by atoms with Gasteiger partial charge in [-0.25, -0.2) is 0 Å². The first kappa shape index (κ1) is 25.1. The second-order valence-electron chi connectivity index (χ2n) is 8.18. The summed E-state index contributed by atoms with van der Waals surface area (Å²) < 4.78 is 5.95. The van der Waals surface area contributed by atoms with Gasteiger partial charge in [-0.15, -0.1) is 0 Å². The summed E-state index contributed by atoms with van der Waals surface area (Å²) in [6.45, 7) is 1.33. The average Bonchev–Trinajstić information content (AvgIpc) is 2.81. The molecule has 0 aliphatic heterocycles. The Bertz CT molecular complexity index is 958. The first-order chi connectivity index (χ1) is 15.9. The topological polar surface area (TPSA) is 49.8 Å². The van der Waals surface area contributed by atoms with Crippen molar-refractivity contribution in [2.75, 3.05) is 20.2 Å². The van der Waals surface area contributed by atoms with Crippen molar-refractivity contribution in [3.8, 4) is 5.75 Å². The molecule has 0 aromatic heterocycles. The van der Waals surface area contributed by atoms with E-state index < -0.39 is 5.97 Å². The molecule has 3 aromatic rings. The van der Waals surface area contributed by atoms with E-state index in [9.17, 15) is 4.79 Å². The van der Waals surface area contributed by atoms with Crippen LogP contribution in [0, 0.1) is 0 Å². The molecular weight excluding hydrogens is 457 g/mol. The number of aryl methyl sites for hydroxylation is 1. The molecule has 3 rings (SSSR count). The monoisotopic (exact) mass is 485 g/mol. The lowest BCUT2D eigenvalue weighted by atomic mass is 9.98. The molecule has 0 spiro atoms. The van der Waals surface area contributed by atoms with Crippen LogP contribution in [-0.2, 0) is 24.1 Å². The molecule has 6 heteroatoms. The van der Waals surface area contributed by atoms with Crippen molar-refractivity contribution in [1.29, 1.82) is 0 Å². The minimum atomic E-state index is -0.787. The molecule has 0 amide bonds. The van der Waals surface area contributed by atoms with E-state index in [1.54, 1.807) is 0 Å². The highest BCUT2D eigenvalue weighted by molar-refractivity contribution is 6.30. The Balaban J connectivity index is 1.57. The number of benzene rings is 3. The maximum atomic E-state index is 10.7. The third-order valence-electron chi connectivity index (χ3n) is 5.66. The number of carboxylic acids is 1. The van der Waals surface area contributed by atoms with E-state index >= 15 is 0 Å². The summed E-state index contributed by atoms with van der Waals surface area (Å²) in [5.74, 6) is -0.000420. The summed E-state index contributed by atoms with van der Waals surface area (Å²) in [6, 6.07) is 24.0. The van der Waals surface area contributed by atoms with Crippen LogP contribution in [0.15, 0.2) is 72.8 Å². The zero-order valence-corrected chi connectivity index (χ0v) is 20.2. The number of nitrogens with zero attached hydrogens (tertiary/aromatic N) is 1. The maximum Gasteiger partial charge on any atom is 0.303 e. The summed E-state index contributed by atoms with van der Waals surface area (Å²) in [6.07, 6.45) is 2.45. The van der Waals surface area contributed by atoms with Crippen molar-refractivity contribution in [2.45, 2.75) is 31.7 Å². The highest BCUT2D eigenvalue weighted by Gasteiger charge is 2.17. The van der Waals surface area contributed by atoms with Crippen LogP contribution in [0.4, 0.5) is 0 Å². The van der Waals surface area contributed by atoms with Crippen LogP contribution >= 0.6 is 23.2 Å². The molecule has 33 heavy (non-hydrogen) atoms. The van der Waals surface area contributed by atoms with Gasteiger partial charge in [-0.1, -0.05) is 59.6 Å². The fourth-order valence-electron chi connectivity index (χ4n) is 3.66. The molecule has 0 fully saturated rings. The molecule has 0 radical (unpaired) electrons. The predicted octanol–water partition coefficient (Wildman–Crippen LogP) is 6.18. The maximum absolute atomic E-state index is 10.7. The molecular formula is C27H29Cl2NO3. The van der Waals surface area contributed by atoms with Gasteiger partial charge in [-0.05, 0) is 79.4 Å². The fraction of sp³-hybridized carbons (Fsp3) is 0.296. The molecule has 3 aromatic carbocycles. The lowest BCUT2D eigenvalue weighted by Gasteiger charge is -2.28. The van der Waals surface area contributed by atoms with Gasteiger partial charge in [0.15, 0.2) is 0 Å². The standard InChI is InChI=1S/C27H29Cl2NO3/c1-30(16-17-33-26-13-6-20(7-14-26)8-15-27(31)32)25(18-21-2-9-23(28)10-3-21)19-22-4-11-24(29)12-5-22/h2-7,9-14,25H,8,15-19H2,1H3,(H,31,32). The number of aliphatic carboxylic acids is 1. The van der Waals surface area contributed by atoms with Crippen LogP contribution < -0.4 is 4.74 Å². The van der Waals surface area contributed by atoms with Crippen molar-refractivity contribution in [1.82, 2.24) is 4.90 Å². The van der Waals surface area contributed by atoms with Crippen LogP contribution in [-0.4, -0.2) is 42.2 Å². The zero-order chi connectivity index (χ0) is 23.6. The van der Waals surface area contributed by atoms with E-state index in [2.05, 4.69) is 36.2 Å². The van der Waals surface area contributed by atoms with Crippen LogP contribution in [0.2, 0.25) is 10.0 Å². The minimum Gasteiger partial charge on any atom is -0.492 e. The largest absolute Gasteiger partial charge is 0.492 e. The SMILES string of the molecule is CN(CCOc1ccc(CCC(=O)O)cc1)C(Cc1ccc(Cl)cc1)Cc1ccc(Cl)cc1. The highest BCUT2D eigenvalue weighted by Crippen LogP contribution is 2.18. The number of rotatable bonds is 12. The third-order valence-corrected chi connectivity index (χ3v) is 6.16. The second kappa shape index (κ2) is 12.6. The van der Waals surface area contributed by atoms with Crippen molar-refractivity contribution < 1.29 is 14.6 Å². The first-order valence-corrected chi connectivity index (χ1v) is 11.8. The van der Waals surface area contributed by atoms with Gasteiger partial charge in [0.05, 0.1) is 0 Å². The summed E-state index contributed by atoms with van der Waals surface area (Å²) in [7, 11) is 2.12. The summed E-state index contributed by atoms with van der Waals surface area (Å²) >= 11 is 12.1. The molecule has 0 saturated carbocycles. The van der Waals surface area contributed by atoms with Gasteiger partial charge in [-0.2, -0.15) is 0 Å². The summed E-state index contributed by atoms with van der Waals surface area (Å²) in [4.78, 5) is 13.0. The number of likely N-dealkylation sites (N-methyl/N-ethyl adjacent to an activating group) is 1. The van der Waals surface area contributed by atoms with E-state index in [0.29, 0.717) is 13.0 Å². The number of hydrogen-bond donors (Lipinski definition) is 1. The van der Waals surface area contributed by atoms with E-state index in [1.807, 2.05) is 48.5 Å². The van der Waals surface area contributed by atoms with Crippen molar-refractivity contribution in [2.24, 2.45) is 0 Å². The van der Waals surface area contributed by atoms with E-state index in [-0.39, 0.29) is 12.5 Å². The zero-order valence-electron chi connectivity index (χ0n) is 18.7. The van der Waals surface area contributed by atoms with Gasteiger partial charge < -0.3 is 9.84 Å². The lowest BCUT2D eigenvalue weighted by Crippen LogP contribution is -2.38. The smallest absolute Gasteiger partial charge is 0.303 e. The lowest BCUT2D eigenvalue weighted by molar-refractivity contribution is -0.136. The summed E-state index contributed by atoms with van der Waals surface area (Å²) in [5.41, 5.74) is 3.47. The van der Waals surface area contributed by atoms with E-state index in [1.165, 1.54) is 11.1 Å². The number of halogens is 2. The molecule has 0 aliphatic rings. The Labute approximate surface area is 205 Å². The number of ether oxygens (including phenoxy) is 1. The van der Waals surface area contributed by atoms with Gasteiger partial charge in [-0.3, -0.25) is 9.69 Å². The van der Waals surface area contributed by atoms with Crippen LogP contribution in [0.1, 0.15) is 23.1 Å². The average molecular weight is 486 g/mol. The van der Waals surface area contributed by atoms with E-state index in [0.717, 1.165) is 40.7 Å². The summed E-state index contributed by atoms with van der Waals surface area (Å²) in [5, 5.41) is 10.3. The number of carbonyl (C=O) groups is 1. The molecule has 4 nitrogen and oxygen atoms in total. The Morgan fingerprint density at radius 1 is 0.848 bits per heavy atom. The molecule has 0 bridgehead atoms. The Morgan fingerprint density at radius 3 is 1.82 bits per heavy atom. The molecule has 0 aliphatic carbocycles. The van der Waals surface area contributed by atoms with Gasteiger partial charge in [0.1, 0.15) is 12.4 Å². The molecule has 0 saturated heterocycles. The predicted molar refractivity (Wildman–Crippen MR) is 135 cm³/mol. The van der Waals surface area contributed by atoms with Crippen molar-refractivity contribution >= 4 is 29.2 Å². The molecule has 0 heterocycles. The fourth-order valence-corrected chi connectivity index (χ4v) is 3.91. The normalized spacial score (nSPS) is 11.2. The number of hydrogen-bond acceptors (Lipinski definition) is 3. The van der Waals surface area contributed by atoms with Gasteiger partial charge in [0.25, 0.3) is 0 Å². The van der Waals surface area contributed by atoms with Crippen LogP contribution in [0.3, 0.4) is 0 Å². The molecule has 1 N–H and O–H groups in total. The van der Waals surface area contributed by atoms with Gasteiger partial charge in [0, 0.05) is 29.1 Å². The number of carboxylic acid groups (broad SMARTS) is 1. The highest BCUT2D eigenvalue weighted by atomic mass is 35.5. The molecule has 0 atom stereocenters. The van der Waals surface area contributed by atoms with Crippen molar-refractivity contribution in [3.63, 3.8) is 0 Å². The second-order valence-corrected chi connectivity index (χ2v) is 9.05. The van der Waals surface area contributed by atoms with Crippen LogP contribution in [0.5, 0.6) is 5.75 Å². The molecule has 0 unspecified atom stereocenters. The molecule has 174 valence electrons. The Morgan fingerprint density at radius 2 is 1.33 bits per heavy atom. The van der Waals surface area contributed by atoms with Gasteiger partial charge in [0.2, 0.25) is 0 Å². The van der Waals surface area contributed by atoms with Crippen molar-refractivity contribution in [3.05, 3.63) is 99.5 Å². The van der Waals surface area contributed by atoms with E-state index in [4.69, 9.17) is 33.0 Å². The van der Waals surface area contributed by atoms with Gasteiger partial charge >= 0.3 is 5.97 Å². The first-order valence-electron chi connectivity index (χ1n) is 11.0. The van der Waals surface area contributed by atoms with Crippen LogP contribution in [0.25, 0.3) is 0 Å². The Hall–Kier alpha value is -2.53. The Kier molecular flexibility index (Phi) is 9.61. The minimum absolute atomic E-state index is 0.133.